The highest BCUT2D eigenvalue weighted by molar-refractivity contribution is 7.09. The van der Waals surface area contributed by atoms with Gasteiger partial charge in [-0.05, 0) is 13.5 Å². The molecule has 0 spiro atoms. The van der Waals surface area contributed by atoms with Crippen molar-refractivity contribution in [1.29, 1.82) is 0 Å². The lowest BCUT2D eigenvalue weighted by atomic mass is 10.4. The van der Waals surface area contributed by atoms with Crippen LogP contribution in [0.1, 0.15) is 21.2 Å². The standard InChI is InChI=1S/C10H13N5OS/c1-6-4-8(15-14-6)13-10(16)7-5-17-9(12-7)2-3-11/h4-5H,2-3,11H2,1H3,(H2,13,14,15,16). The number of aryl methyl sites for hydroxylation is 1. The van der Waals surface area contributed by atoms with E-state index < -0.39 is 0 Å². The van der Waals surface area contributed by atoms with Crippen LogP contribution in [0.4, 0.5) is 5.82 Å². The van der Waals surface area contributed by atoms with Crippen LogP contribution in [0.3, 0.4) is 0 Å². The fraction of sp³-hybridized carbons (Fsp3) is 0.300. The van der Waals surface area contributed by atoms with E-state index in [1.807, 2.05) is 6.92 Å². The number of H-pyrrole nitrogens is 1. The molecule has 4 N–H and O–H groups in total. The van der Waals surface area contributed by atoms with Gasteiger partial charge in [0.1, 0.15) is 5.69 Å². The Morgan fingerprint density at radius 1 is 1.65 bits per heavy atom. The molecule has 90 valence electrons. The van der Waals surface area contributed by atoms with Crippen LogP contribution in [-0.4, -0.2) is 27.6 Å². The zero-order valence-corrected chi connectivity index (χ0v) is 10.2. The topological polar surface area (TPSA) is 96.7 Å². The molecule has 7 heteroatoms. The second-order valence-electron chi connectivity index (χ2n) is 3.56. The van der Waals surface area contributed by atoms with E-state index in [9.17, 15) is 4.79 Å². The lowest BCUT2D eigenvalue weighted by Gasteiger charge is -1.97. The van der Waals surface area contributed by atoms with Crippen molar-refractivity contribution in [2.75, 3.05) is 11.9 Å². The van der Waals surface area contributed by atoms with E-state index >= 15 is 0 Å². The number of hydrogen-bond donors (Lipinski definition) is 3. The third kappa shape index (κ3) is 2.89. The average molecular weight is 251 g/mol. The highest BCUT2D eigenvalue weighted by Gasteiger charge is 2.11. The first-order valence-corrected chi connectivity index (χ1v) is 6.05. The summed E-state index contributed by atoms with van der Waals surface area (Å²) < 4.78 is 0. The summed E-state index contributed by atoms with van der Waals surface area (Å²) in [5.41, 5.74) is 6.72. The van der Waals surface area contributed by atoms with Crippen molar-refractivity contribution in [2.45, 2.75) is 13.3 Å². The molecule has 2 heterocycles. The van der Waals surface area contributed by atoms with Gasteiger partial charge in [0, 0.05) is 23.6 Å². The molecular weight excluding hydrogens is 238 g/mol. The van der Waals surface area contributed by atoms with Crippen molar-refractivity contribution in [3.63, 3.8) is 0 Å². The van der Waals surface area contributed by atoms with Crippen LogP contribution in [0.25, 0.3) is 0 Å². The highest BCUT2D eigenvalue weighted by Crippen LogP contribution is 2.12. The van der Waals surface area contributed by atoms with Gasteiger partial charge in [0.2, 0.25) is 0 Å². The molecule has 2 aromatic heterocycles. The predicted octanol–water partition coefficient (Wildman–Crippen LogP) is 0.928. The minimum absolute atomic E-state index is 0.254. The molecule has 0 radical (unpaired) electrons. The summed E-state index contributed by atoms with van der Waals surface area (Å²) in [4.78, 5) is 16.0. The Balaban J connectivity index is 2.03. The fourth-order valence-electron chi connectivity index (χ4n) is 1.32. The molecule has 0 atom stereocenters. The third-order valence-corrected chi connectivity index (χ3v) is 3.00. The molecule has 2 rings (SSSR count). The summed E-state index contributed by atoms with van der Waals surface area (Å²) in [5, 5.41) is 11.9. The molecule has 0 bridgehead atoms. The maximum Gasteiger partial charge on any atom is 0.276 e. The molecule has 0 saturated carbocycles. The second-order valence-corrected chi connectivity index (χ2v) is 4.50. The lowest BCUT2D eigenvalue weighted by Crippen LogP contribution is -2.13. The van der Waals surface area contributed by atoms with Gasteiger partial charge in [-0.15, -0.1) is 11.3 Å². The zero-order valence-electron chi connectivity index (χ0n) is 9.36. The second kappa shape index (κ2) is 5.07. The number of hydrogen-bond acceptors (Lipinski definition) is 5. The van der Waals surface area contributed by atoms with Gasteiger partial charge in [0.15, 0.2) is 5.82 Å². The minimum atomic E-state index is -0.254. The molecule has 17 heavy (non-hydrogen) atoms. The zero-order chi connectivity index (χ0) is 12.3. The maximum absolute atomic E-state index is 11.8. The Hall–Kier alpha value is -1.73. The van der Waals surface area contributed by atoms with Crippen LogP contribution in [0, 0.1) is 6.92 Å². The Kier molecular flexibility index (Phi) is 3.50. The summed E-state index contributed by atoms with van der Waals surface area (Å²) in [7, 11) is 0. The number of carbonyl (C=O) groups is 1. The maximum atomic E-state index is 11.8. The largest absolute Gasteiger partial charge is 0.330 e. The smallest absolute Gasteiger partial charge is 0.276 e. The van der Waals surface area contributed by atoms with Gasteiger partial charge in [-0.1, -0.05) is 0 Å². The number of nitrogens with two attached hydrogens (primary N) is 1. The number of anilines is 1. The molecule has 6 nitrogen and oxygen atoms in total. The Morgan fingerprint density at radius 2 is 2.47 bits per heavy atom. The van der Waals surface area contributed by atoms with E-state index in [1.165, 1.54) is 11.3 Å². The van der Waals surface area contributed by atoms with Crippen molar-refractivity contribution in [2.24, 2.45) is 5.73 Å². The first-order chi connectivity index (χ1) is 8.19. The molecular formula is C10H13N5OS. The third-order valence-electron chi connectivity index (χ3n) is 2.09. The van der Waals surface area contributed by atoms with Crippen molar-refractivity contribution < 1.29 is 4.79 Å². The monoisotopic (exact) mass is 251 g/mol. The average Bonchev–Trinajstić information content (AvgIpc) is 2.88. The van der Waals surface area contributed by atoms with Crippen LogP contribution in [0.2, 0.25) is 0 Å². The van der Waals surface area contributed by atoms with Gasteiger partial charge >= 0.3 is 0 Å². The van der Waals surface area contributed by atoms with Crippen molar-refractivity contribution >= 4 is 23.1 Å². The Bertz CT molecular complexity index is 518. The number of carbonyl (C=O) groups excluding carboxylic acids is 1. The molecule has 0 aliphatic rings. The van der Waals surface area contributed by atoms with Crippen LogP contribution in [0.15, 0.2) is 11.4 Å². The van der Waals surface area contributed by atoms with Gasteiger partial charge in [-0.3, -0.25) is 9.89 Å². The number of aromatic nitrogens is 3. The number of thiazole rings is 1. The predicted molar refractivity (Wildman–Crippen MR) is 66.2 cm³/mol. The highest BCUT2D eigenvalue weighted by atomic mass is 32.1. The molecule has 2 aromatic rings. The summed E-state index contributed by atoms with van der Waals surface area (Å²) in [6.07, 6.45) is 0.694. The number of amides is 1. The minimum Gasteiger partial charge on any atom is -0.330 e. The summed E-state index contributed by atoms with van der Waals surface area (Å²) in [6, 6.07) is 1.76. The van der Waals surface area contributed by atoms with Crippen molar-refractivity contribution in [3.8, 4) is 0 Å². The van der Waals surface area contributed by atoms with Crippen molar-refractivity contribution in [1.82, 2.24) is 15.2 Å². The van der Waals surface area contributed by atoms with Crippen LogP contribution in [-0.2, 0) is 6.42 Å². The van der Waals surface area contributed by atoms with Gasteiger partial charge < -0.3 is 11.1 Å². The molecule has 0 fully saturated rings. The summed E-state index contributed by atoms with van der Waals surface area (Å²) in [6.45, 7) is 2.40. The van der Waals surface area contributed by atoms with E-state index in [-0.39, 0.29) is 5.91 Å². The number of rotatable bonds is 4. The Morgan fingerprint density at radius 3 is 3.12 bits per heavy atom. The lowest BCUT2D eigenvalue weighted by molar-refractivity contribution is 0.102. The van der Waals surface area contributed by atoms with Crippen LogP contribution in [0.5, 0.6) is 0 Å². The summed E-state index contributed by atoms with van der Waals surface area (Å²) >= 11 is 1.44. The quantitative estimate of drug-likeness (QED) is 0.753. The fourth-order valence-corrected chi connectivity index (χ4v) is 2.11. The first-order valence-electron chi connectivity index (χ1n) is 5.17. The van der Waals surface area contributed by atoms with Crippen LogP contribution < -0.4 is 11.1 Å². The van der Waals surface area contributed by atoms with E-state index in [1.54, 1.807) is 11.4 Å². The van der Waals surface area contributed by atoms with Gasteiger partial charge in [0.25, 0.3) is 5.91 Å². The van der Waals surface area contributed by atoms with E-state index in [4.69, 9.17) is 5.73 Å². The molecule has 1 amide bonds. The van der Waals surface area contributed by atoms with Gasteiger partial charge in [0.05, 0.1) is 5.01 Å². The normalized spacial score (nSPS) is 10.5. The number of nitrogens with one attached hydrogen (secondary N) is 2. The molecule has 0 aliphatic carbocycles. The van der Waals surface area contributed by atoms with E-state index in [0.29, 0.717) is 24.5 Å². The number of nitrogens with zero attached hydrogens (tertiary/aromatic N) is 2. The first kappa shape index (κ1) is 11.7. The molecule has 0 saturated heterocycles. The molecule has 0 aliphatic heterocycles. The van der Waals surface area contributed by atoms with Crippen LogP contribution >= 0.6 is 11.3 Å². The SMILES string of the molecule is Cc1cc(NC(=O)c2csc(CCN)n2)n[nH]1. The van der Waals surface area contributed by atoms with E-state index in [0.717, 1.165) is 10.7 Å². The van der Waals surface area contributed by atoms with Crippen molar-refractivity contribution in [3.05, 3.63) is 27.8 Å². The summed E-state index contributed by atoms with van der Waals surface area (Å²) in [5.74, 6) is 0.247. The van der Waals surface area contributed by atoms with Gasteiger partial charge in [-0.2, -0.15) is 5.10 Å². The number of aromatic amines is 1. The van der Waals surface area contributed by atoms with Gasteiger partial charge in [-0.25, -0.2) is 4.98 Å². The Labute approximate surface area is 102 Å². The molecule has 0 aromatic carbocycles. The molecule has 0 unspecified atom stereocenters. The van der Waals surface area contributed by atoms with E-state index in [2.05, 4.69) is 20.5 Å².